The number of carbonyl (C=O) groups excluding carboxylic acids is 1. The first kappa shape index (κ1) is 25.1. The quantitative estimate of drug-likeness (QED) is 0.380. The van der Waals surface area contributed by atoms with Crippen LogP contribution in [0.3, 0.4) is 0 Å². The van der Waals surface area contributed by atoms with Crippen LogP contribution in [0.15, 0.2) is 59.6 Å². The summed E-state index contributed by atoms with van der Waals surface area (Å²) in [5.41, 5.74) is 3.06. The topological polar surface area (TPSA) is 113 Å². The van der Waals surface area contributed by atoms with E-state index in [2.05, 4.69) is 10.3 Å². The first-order valence-corrected chi connectivity index (χ1v) is 13.3. The maximum Gasteiger partial charge on any atom is 0.231 e. The van der Waals surface area contributed by atoms with Gasteiger partial charge in [-0.15, -0.1) is 0 Å². The van der Waals surface area contributed by atoms with Crippen LogP contribution in [0.4, 0.5) is 29.1 Å². The smallest absolute Gasteiger partial charge is 0.231 e. The van der Waals surface area contributed by atoms with Crippen LogP contribution >= 0.6 is 0 Å². The highest BCUT2D eigenvalue weighted by Gasteiger charge is 2.18. The van der Waals surface area contributed by atoms with E-state index in [1.165, 1.54) is 6.26 Å². The van der Waals surface area contributed by atoms with Crippen LogP contribution in [0.1, 0.15) is 19.8 Å². The first-order valence-electron chi connectivity index (χ1n) is 11.5. The summed E-state index contributed by atoms with van der Waals surface area (Å²) in [5, 5.41) is 2.88. The van der Waals surface area contributed by atoms with Gasteiger partial charge >= 0.3 is 0 Å². The number of fused-ring (bicyclic) bond motifs is 1. The molecule has 0 aliphatic rings. The Hall–Kier alpha value is -3.99. The molecule has 1 N–H and O–H groups in total. The molecule has 4 rings (SSSR count). The largest absolute Gasteiger partial charge is 0.327 e. The summed E-state index contributed by atoms with van der Waals surface area (Å²) in [6.45, 7) is 1.96. The normalized spacial score (nSPS) is 11.5. The highest BCUT2D eigenvalue weighted by atomic mass is 32.2. The molecule has 0 aliphatic heterocycles. The number of carbonyl (C=O) groups is 1. The molecular weight excluding hydrogens is 478 g/mol. The molecule has 36 heavy (non-hydrogen) atoms. The fraction of sp³-hybridized carbons (Fsp3) is 0.280. The number of rotatable bonds is 8. The lowest BCUT2D eigenvalue weighted by molar-refractivity contribution is -0.116. The van der Waals surface area contributed by atoms with E-state index >= 15 is 0 Å². The Bertz CT molecular complexity index is 1530. The maximum absolute atomic E-state index is 12.1. The molecule has 11 heteroatoms. The summed E-state index contributed by atoms with van der Waals surface area (Å²) < 4.78 is 25.8. The van der Waals surface area contributed by atoms with Crippen molar-refractivity contribution in [2.75, 3.05) is 35.5 Å². The second-order valence-corrected chi connectivity index (χ2v) is 10.6. The van der Waals surface area contributed by atoms with Crippen molar-refractivity contribution < 1.29 is 13.2 Å². The van der Waals surface area contributed by atoms with Gasteiger partial charge in [-0.05, 0) is 42.8 Å². The van der Waals surface area contributed by atoms with E-state index in [-0.39, 0.29) is 10.8 Å². The van der Waals surface area contributed by atoms with E-state index in [1.54, 1.807) is 48.5 Å². The number of imidazole rings is 1. The molecule has 0 atom stereocenters. The lowest BCUT2D eigenvalue weighted by atomic mass is 10.2. The molecule has 0 radical (unpaired) electrons. The van der Waals surface area contributed by atoms with Crippen LogP contribution in [0, 0.1) is 0 Å². The van der Waals surface area contributed by atoms with Crippen LogP contribution < -0.4 is 15.1 Å². The zero-order valence-corrected chi connectivity index (χ0v) is 21.7. The van der Waals surface area contributed by atoms with Gasteiger partial charge in [0, 0.05) is 45.7 Å². The Kier molecular flexibility index (Phi) is 6.93. The van der Waals surface area contributed by atoms with Crippen LogP contribution in [0.2, 0.25) is 0 Å². The number of nitrogens with one attached hydrogen (secondary N) is 1. The van der Waals surface area contributed by atoms with Crippen molar-refractivity contribution in [1.29, 1.82) is 0 Å². The van der Waals surface area contributed by atoms with E-state index in [0.717, 1.165) is 23.1 Å². The summed E-state index contributed by atoms with van der Waals surface area (Å²) in [6, 6.07) is 14.3. The molecule has 2 aromatic carbocycles. The minimum Gasteiger partial charge on any atom is -0.327 e. The average Bonchev–Trinajstić information content (AvgIpc) is 3.18. The van der Waals surface area contributed by atoms with Gasteiger partial charge in [-0.2, -0.15) is 4.98 Å². The fourth-order valence-corrected chi connectivity index (χ4v) is 4.51. The van der Waals surface area contributed by atoms with Crippen molar-refractivity contribution in [2.45, 2.75) is 24.7 Å². The van der Waals surface area contributed by atoms with Crippen LogP contribution in [-0.2, 0) is 21.7 Å². The van der Waals surface area contributed by atoms with Gasteiger partial charge in [0.2, 0.25) is 17.8 Å². The van der Waals surface area contributed by atoms with Crippen molar-refractivity contribution in [3.05, 3.63) is 54.7 Å². The number of hydrogen-bond donors (Lipinski definition) is 1. The third-order valence-electron chi connectivity index (χ3n) is 5.88. The van der Waals surface area contributed by atoms with Gasteiger partial charge in [0.15, 0.2) is 9.84 Å². The Balaban J connectivity index is 1.68. The molecule has 0 fully saturated rings. The number of anilines is 5. The number of hydrogen-bond acceptors (Lipinski definition) is 8. The van der Waals surface area contributed by atoms with Gasteiger partial charge < -0.3 is 14.4 Å². The molecule has 0 bridgehead atoms. The lowest BCUT2D eigenvalue weighted by Crippen LogP contribution is -2.17. The molecule has 10 nitrogen and oxygen atoms in total. The van der Waals surface area contributed by atoms with Crippen molar-refractivity contribution in [3.8, 4) is 0 Å². The number of sulfone groups is 1. The summed E-state index contributed by atoms with van der Waals surface area (Å²) in [4.78, 5) is 29.8. The maximum atomic E-state index is 12.1. The van der Waals surface area contributed by atoms with Crippen molar-refractivity contribution in [3.63, 3.8) is 0 Å². The number of aryl methyl sites for hydroxylation is 1. The summed E-state index contributed by atoms with van der Waals surface area (Å²) in [5.74, 6) is 1.44. The molecule has 2 heterocycles. The summed E-state index contributed by atoms with van der Waals surface area (Å²) >= 11 is 0. The third-order valence-corrected chi connectivity index (χ3v) is 6.99. The molecule has 0 spiro atoms. The molecule has 0 saturated carbocycles. The Morgan fingerprint density at radius 3 is 2.53 bits per heavy atom. The highest BCUT2D eigenvalue weighted by molar-refractivity contribution is 7.90. The second-order valence-electron chi connectivity index (χ2n) is 8.54. The molecule has 0 unspecified atom stereocenters. The predicted molar refractivity (Wildman–Crippen MR) is 142 cm³/mol. The van der Waals surface area contributed by atoms with Gasteiger partial charge in [-0.1, -0.05) is 19.1 Å². The number of nitrogens with zero attached hydrogens (tertiary/aromatic N) is 6. The monoisotopic (exact) mass is 507 g/mol. The lowest BCUT2D eigenvalue weighted by Gasteiger charge is -2.22. The molecule has 0 saturated heterocycles. The van der Waals surface area contributed by atoms with Crippen LogP contribution in [0.25, 0.3) is 11.0 Å². The van der Waals surface area contributed by atoms with Gasteiger partial charge in [0.25, 0.3) is 0 Å². The van der Waals surface area contributed by atoms with Crippen molar-refractivity contribution in [2.24, 2.45) is 7.05 Å². The van der Waals surface area contributed by atoms with E-state index in [1.807, 2.05) is 48.7 Å². The zero-order valence-electron chi connectivity index (χ0n) is 20.9. The summed E-state index contributed by atoms with van der Waals surface area (Å²) in [6.07, 6.45) is 4.02. The molecule has 188 valence electrons. The van der Waals surface area contributed by atoms with Crippen molar-refractivity contribution in [1.82, 2.24) is 19.5 Å². The molecular formula is C25H29N7O3S. The van der Waals surface area contributed by atoms with Crippen LogP contribution in [0.5, 0.6) is 0 Å². The number of aromatic nitrogens is 4. The second kappa shape index (κ2) is 9.94. The molecule has 2 aromatic heterocycles. The number of benzene rings is 2. The third kappa shape index (κ3) is 5.01. The Labute approximate surface area is 210 Å². The van der Waals surface area contributed by atoms with Gasteiger partial charge in [-0.3, -0.25) is 10.1 Å². The predicted octanol–water partition coefficient (Wildman–Crippen LogP) is 4.04. The van der Waals surface area contributed by atoms with Gasteiger partial charge in [0.05, 0.1) is 16.1 Å². The minimum absolute atomic E-state index is 0.0748. The van der Waals surface area contributed by atoms with Crippen molar-refractivity contribution >= 4 is 55.9 Å². The van der Waals surface area contributed by atoms with Crippen LogP contribution in [-0.4, -0.2) is 54.2 Å². The summed E-state index contributed by atoms with van der Waals surface area (Å²) in [7, 11) is 2.19. The van der Waals surface area contributed by atoms with Gasteiger partial charge in [-0.25, -0.2) is 18.4 Å². The average molecular weight is 508 g/mol. The fourth-order valence-electron chi connectivity index (χ4n) is 3.85. The first-order chi connectivity index (χ1) is 17.1. The van der Waals surface area contributed by atoms with E-state index in [4.69, 9.17) is 9.97 Å². The van der Waals surface area contributed by atoms with E-state index in [9.17, 15) is 13.2 Å². The minimum atomic E-state index is -3.34. The molecule has 4 aromatic rings. The number of amides is 1. The highest BCUT2D eigenvalue weighted by Crippen LogP contribution is 2.32. The van der Waals surface area contributed by atoms with E-state index < -0.39 is 9.84 Å². The molecule has 0 aliphatic carbocycles. The van der Waals surface area contributed by atoms with E-state index in [0.29, 0.717) is 29.8 Å². The SMILES string of the molecule is CCCC(=O)Nc1nc2c(N(C)c3ccnc(N(C)c4cccc(S(C)(=O)=O)c4)n3)cccc2n1C. The number of para-hydroxylation sites is 1. The van der Waals surface area contributed by atoms with Gasteiger partial charge in [0.1, 0.15) is 11.3 Å². The Morgan fingerprint density at radius 1 is 1.06 bits per heavy atom. The zero-order chi connectivity index (χ0) is 26.0. The molecule has 1 amide bonds. The Morgan fingerprint density at radius 2 is 1.81 bits per heavy atom. The standard InChI is InChI=1S/C25H29N7O3S/c1-6-9-22(33)28-25-29-23-19(12-8-13-20(23)32(25)4)31(3)21-14-15-26-24(27-21)30(2)17-10-7-11-18(16-17)36(5,34)35/h7-8,10-16H,6,9H2,1-5H3,(H,28,29,33).